The van der Waals surface area contributed by atoms with Gasteiger partial charge >= 0.3 is 5.97 Å². The van der Waals surface area contributed by atoms with Gasteiger partial charge in [-0.3, -0.25) is 4.79 Å². The summed E-state index contributed by atoms with van der Waals surface area (Å²) in [5.41, 5.74) is 2.60. The van der Waals surface area contributed by atoms with Crippen LogP contribution in [0.25, 0.3) is 22.0 Å². The topological polar surface area (TPSA) is 85.6 Å². The minimum Gasteiger partial charge on any atom is -0.497 e. The van der Waals surface area contributed by atoms with Crippen LogP contribution < -0.4 is 4.74 Å². The van der Waals surface area contributed by atoms with Crippen molar-refractivity contribution in [2.24, 2.45) is 0 Å². The maximum absolute atomic E-state index is 13.6. The summed E-state index contributed by atoms with van der Waals surface area (Å²) in [6.45, 7) is 0. The van der Waals surface area contributed by atoms with Crippen molar-refractivity contribution >= 4 is 38.5 Å². The molecular formula is C24H20ClNO5S. The predicted octanol–water partition coefficient (Wildman–Crippen LogP) is 5.22. The van der Waals surface area contributed by atoms with Gasteiger partial charge < -0.3 is 9.84 Å². The molecule has 1 heterocycles. The highest BCUT2D eigenvalue weighted by Gasteiger charge is 2.22. The smallest absolute Gasteiger partial charge is 0.303 e. The molecule has 0 saturated heterocycles. The van der Waals surface area contributed by atoms with Crippen molar-refractivity contribution in [3.63, 3.8) is 0 Å². The number of carboxylic acids is 1. The van der Waals surface area contributed by atoms with Crippen LogP contribution in [-0.4, -0.2) is 30.6 Å². The van der Waals surface area contributed by atoms with Gasteiger partial charge in [0, 0.05) is 23.0 Å². The lowest BCUT2D eigenvalue weighted by atomic mass is 10.1. The van der Waals surface area contributed by atoms with Crippen molar-refractivity contribution in [1.82, 2.24) is 3.97 Å². The first-order valence-electron chi connectivity index (χ1n) is 9.81. The lowest BCUT2D eigenvalue weighted by Gasteiger charge is -2.10. The standard InChI is InChI=1S/C24H20ClNO5S/c1-31-20-9-10-23-22(14-20)18(8-11-24(27)28)15-26(23)32(29,30)21-7-3-5-17(13-21)16-4-2-6-19(25)12-16/h2-7,9-10,12-15H,8,11H2,1H3,(H,27,28). The van der Waals surface area contributed by atoms with Crippen molar-refractivity contribution in [2.75, 3.05) is 7.11 Å². The van der Waals surface area contributed by atoms with Crippen LogP contribution in [0.2, 0.25) is 5.02 Å². The number of carboxylic acid groups (broad SMARTS) is 1. The Kier molecular flexibility index (Phi) is 5.95. The number of hydrogen-bond acceptors (Lipinski definition) is 4. The summed E-state index contributed by atoms with van der Waals surface area (Å²) < 4.78 is 33.7. The van der Waals surface area contributed by atoms with E-state index in [1.54, 1.807) is 48.5 Å². The fraction of sp³-hybridized carbons (Fsp3) is 0.125. The molecule has 0 aliphatic heterocycles. The summed E-state index contributed by atoms with van der Waals surface area (Å²) in [6.07, 6.45) is 1.58. The molecule has 3 aromatic carbocycles. The second kappa shape index (κ2) is 8.68. The molecular weight excluding hydrogens is 450 g/mol. The summed E-state index contributed by atoms with van der Waals surface area (Å²) in [6, 6.07) is 18.9. The molecule has 32 heavy (non-hydrogen) atoms. The van der Waals surface area contributed by atoms with Crippen LogP contribution in [0.4, 0.5) is 0 Å². The maximum Gasteiger partial charge on any atom is 0.303 e. The summed E-state index contributed by atoms with van der Waals surface area (Å²) in [5.74, 6) is -0.391. The average molecular weight is 470 g/mol. The van der Waals surface area contributed by atoms with Gasteiger partial charge in [-0.2, -0.15) is 0 Å². The maximum atomic E-state index is 13.6. The molecule has 0 atom stereocenters. The Balaban J connectivity index is 1.84. The molecule has 4 rings (SSSR count). The second-order valence-corrected chi connectivity index (χ2v) is 9.52. The number of fused-ring (bicyclic) bond motifs is 1. The number of nitrogens with zero attached hydrogens (tertiary/aromatic N) is 1. The van der Waals surface area contributed by atoms with Gasteiger partial charge in [0.15, 0.2) is 0 Å². The monoisotopic (exact) mass is 469 g/mol. The van der Waals surface area contributed by atoms with Crippen molar-refractivity contribution in [1.29, 1.82) is 0 Å². The van der Waals surface area contributed by atoms with Crippen LogP contribution in [0.15, 0.2) is 77.8 Å². The van der Waals surface area contributed by atoms with E-state index >= 15 is 0 Å². The molecule has 0 fully saturated rings. The number of benzene rings is 3. The third kappa shape index (κ3) is 4.22. The van der Waals surface area contributed by atoms with Gasteiger partial charge in [-0.05, 0) is 65.6 Å². The fourth-order valence-electron chi connectivity index (χ4n) is 3.63. The fourth-order valence-corrected chi connectivity index (χ4v) is 5.26. The predicted molar refractivity (Wildman–Crippen MR) is 124 cm³/mol. The summed E-state index contributed by atoms with van der Waals surface area (Å²) >= 11 is 6.09. The van der Waals surface area contributed by atoms with Crippen LogP contribution in [0.3, 0.4) is 0 Å². The number of methoxy groups -OCH3 is 1. The van der Waals surface area contributed by atoms with Crippen LogP contribution in [0.1, 0.15) is 12.0 Å². The van der Waals surface area contributed by atoms with Crippen LogP contribution in [0, 0.1) is 0 Å². The van der Waals surface area contributed by atoms with E-state index in [1.165, 1.54) is 23.3 Å². The first kappa shape index (κ1) is 21.9. The quantitative estimate of drug-likeness (QED) is 0.401. The van der Waals surface area contributed by atoms with Gasteiger partial charge in [-0.25, -0.2) is 12.4 Å². The molecule has 164 valence electrons. The zero-order valence-corrected chi connectivity index (χ0v) is 18.7. The molecule has 0 aliphatic carbocycles. The highest BCUT2D eigenvalue weighted by molar-refractivity contribution is 7.90. The Bertz CT molecular complexity index is 1430. The Labute approximate surface area is 190 Å². The molecule has 0 bridgehead atoms. The number of aromatic nitrogens is 1. The number of halogens is 1. The van der Waals surface area contributed by atoms with E-state index in [2.05, 4.69) is 0 Å². The first-order valence-corrected chi connectivity index (χ1v) is 11.6. The van der Waals surface area contributed by atoms with E-state index < -0.39 is 16.0 Å². The molecule has 6 nitrogen and oxygen atoms in total. The van der Waals surface area contributed by atoms with E-state index in [9.17, 15) is 13.2 Å². The Morgan fingerprint density at radius 1 is 1.03 bits per heavy atom. The number of aliphatic carboxylic acids is 1. The molecule has 0 aliphatic rings. The molecule has 0 radical (unpaired) electrons. The lowest BCUT2D eigenvalue weighted by Crippen LogP contribution is -2.12. The third-order valence-corrected chi connectivity index (χ3v) is 7.12. The van der Waals surface area contributed by atoms with Gasteiger partial charge in [0.1, 0.15) is 5.75 Å². The number of hydrogen-bond donors (Lipinski definition) is 1. The van der Waals surface area contributed by atoms with E-state index in [0.29, 0.717) is 27.2 Å². The van der Waals surface area contributed by atoms with E-state index in [4.69, 9.17) is 21.4 Å². The van der Waals surface area contributed by atoms with Crippen molar-refractivity contribution in [3.8, 4) is 16.9 Å². The summed E-state index contributed by atoms with van der Waals surface area (Å²) in [4.78, 5) is 11.2. The summed E-state index contributed by atoms with van der Waals surface area (Å²) in [5, 5.41) is 10.3. The van der Waals surface area contributed by atoms with Gasteiger partial charge in [0.05, 0.1) is 17.5 Å². The Hall–Kier alpha value is -3.29. The molecule has 0 amide bonds. The van der Waals surface area contributed by atoms with Crippen molar-refractivity contribution < 1.29 is 23.1 Å². The average Bonchev–Trinajstić information content (AvgIpc) is 3.16. The second-order valence-electron chi connectivity index (χ2n) is 7.27. The lowest BCUT2D eigenvalue weighted by molar-refractivity contribution is -0.136. The molecule has 8 heteroatoms. The molecule has 0 saturated carbocycles. The van der Waals surface area contributed by atoms with Crippen LogP contribution in [0.5, 0.6) is 5.75 Å². The minimum absolute atomic E-state index is 0.110. The van der Waals surface area contributed by atoms with Gasteiger partial charge in [-0.15, -0.1) is 0 Å². The van der Waals surface area contributed by atoms with E-state index in [0.717, 1.165) is 11.1 Å². The number of carbonyl (C=O) groups is 1. The highest BCUT2D eigenvalue weighted by Crippen LogP contribution is 2.31. The zero-order valence-electron chi connectivity index (χ0n) is 17.2. The van der Waals surface area contributed by atoms with E-state index in [-0.39, 0.29) is 17.7 Å². The van der Waals surface area contributed by atoms with E-state index in [1.807, 2.05) is 12.1 Å². The largest absolute Gasteiger partial charge is 0.497 e. The Morgan fingerprint density at radius 3 is 2.44 bits per heavy atom. The zero-order chi connectivity index (χ0) is 22.9. The number of ether oxygens (including phenoxy) is 1. The minimum atomic E-state index is -3.95. The summed E-state index contributed by atoms with van der Waals surface area (Å²) in [7, 11) is -2.43. The van der Waals surface area contributed by atoms with Crippen LogP contribution in [-0.2, 0) is 21.2 Å². The van der Waals surface area contributed by atoms with Gasteiger partial charge in [-0.1, -0.05) is 35.9 Å². The van der Waals surface area contributed by atoms with Crippen LogP contribution >= 0.6 is 11.6 Å². The molecule has 1 aromatic heterocycles. The van der Waals surface area contributed by atoms with Gasteiger partial charge in [0.25, 0.3) is 10.0 Å². The SMILES string of the molecule is COc1ccc2c(c1)c(CCC(=O)O)cn2S(=O)(=O)c1cccc(-c2cccc(Cl)c2)c1. The third-order valence-electron chi connectivity index (χ3n) is 5.22. The molecule has 0 unspecified atom stereocenters. The Morgan fingerprint density at radius 2 is 1.75 bits per heavy atom. The molecule has 0 spiro atoms. The van der Waals surface area contributed by atoms with Crippen molar-refractivity contribution in [3.05, 3.63) is 83.5 Å². The van der Waals surface area contributed by atoms with Crippen molar-refractivity contribution in [2.45, 2.75) is 17.7 Å². The highest BCUT2D eigenvalue weighted by atomic mass is 35.5. The normalized spacial score (nSPS) is 11.6. The first-order chi connectivity index (χ1) is 15.3. The number of aryl methyl sites for hydroxylation is 1. The van der Waals surface area contributed by atoms with Gasteiger partial charge in [0.2, 0.25) is 0 Å². The molecule has 4 aromatic rings. The number of rotatable bonds is 7. The molecule has 1 N–H and O–H groups in total.